The van der Waals surface area contributed by atoms with Crippen molar-refractivity contribution in [3.63, 3.8) is 0 Å². The Kier molecular flexibility index (Phi) is 7.88. The molecule has 1 saturated carbocycles. The minimum absolute atomic E-state index is 0.149. The summed E-state index contributed by atoms with van der Waals surface area (Å²) in [5.41, 5.74) is 1.51. The molecule has 2 atom stereocenters. The van der Waals surface area contributed by atoms with E-state index in [0.717, 1.165) is 18.4 Å². The highest BCUT2D eigenvalue weighted by atomic mass is 32.2. The number of nitrogens with one attached hydrogen (secondary N) is 2. The number of carbonyl (C=O) groups is 1. The third-order valence-corrected chi connectivity index (χ3v) is 8.46. The third-order valence-electron chi connectivity index (χ3n) is 6.82. The van der Waals surface area contributed by atoms with E-state index in [2.05, 4.69) is 10.0 Å². The third kappa shape index (κ3) is 5.78. The monoisotopic (exact) mass is 487 g/mol. The van der Waals surface area contributed by atoms with Crippen LogP contribution >= 0.6 is 0 Å². The molecule has 1 aliphatic heterocycles. The van der Waals surface area contributed by atoms with Crippen molar-refractivity contribution in [2.24, 2.45) is 5.92 Å². The van der Waals surface area contributed by atoms with Gasteiger partial charge in [0.25, 0.3) is 16.1 Å². The molecule has 2 aromatic rings. The summed E-state index contributed by atoms with van der Waals surface area (Å²) >= 11 is 0. The van der Waals surface area contributed by atoms with Crippen LogP contribution in [0.5, 0.6) is 5.75 Å². The van der Waals surface area contributed by atoms with Gasteiger partial charge in [0.05, 0.1) is 24.8 Å². The van der Waals surface area contributed by atoms with Crippen LogP contribution in [0.25, 0.3) is 0 Å². The summed E-state index contributed by atoms with van der Waals surface area (Å²) in [6.07, 6.45) is 2.81. The molecular weight excluding hydrogens is 454 g/mol. The molecule has 184 valence electrons. The smallest absolute Gasteiger partial charge is 0.279 e. The average Bonchev–Trinajstić information content (AvgIpc) is 3.30. The number of hydrogen-bond donors (Lipinski definition) is 3. The van der Waals surface area contributed by atoms with Crippen molar-refractivity contribution in [3.8, 4) is 5.75 Å². The van der Waals surface area contributed by atoms with E-state index in [1.807, 2.05) is 42.5 Å². The molecule has 2 aromatic carbocycles. The van der Waals surface area contributed by atoms with Gasteiger partial charge in [-0.2, -0.15) is 17.4 Å². The van der Waals surface area contributed by atoms with E-state index in [-0.39, 0.29) is 30.5 Å². The lowest BCUT2D eigenvalue weighted by Crippen LogP contribution is -2.46. The predicted octanol–water partition coefficient (Wildman–Crippen LogP) is 2.63. The first kappa shape index (κ1) is 24.7. The Balaban J connectivity index is 1.44. The molecule has 1 amide bonds. The zero-order chi connectivity index (χ0) is 24.1. The van der Waals surface area contributed by atoms with E-state index in [4.69, 9.17) is 4.74 Å². The number of β-amino-alcohol motifs (C(OH)–C–C–N with tert-alkyl or cyclic N) is 1. The molecule has 0 radical (unpaired) electrons. The number of para-hydroxylation sites is 1. The number of rotatable bonds is 8. The summed E-state index contributed by atoms with van der Waals surface area (Å²) in [4.78, 5) is 13.2. The molecular formula is C25H33N3O5S. The number of aliphatic hydroxyl groups is 1. The van der Waals surface area contributed by atoms with Crippen molar-refractivity contribution in [1.29, 1.82) is 0 Å². The molecule has 34 heavy (non-hydrogen) atoms. The van der Waals surface area contributed by atoms with Crippen LogP contribution < -0.4 is 14.8 Å². The lowest BCUT2D eigenvalue weighted by atomic mass is 9.79. The molecule has 2 fully saturated rings. The largest absolute Gasteiger partial charge is 0.496 e. The number of ether oxygens (including phenoxy) is 1. The normalized spacial score (nSPS) is 24.5. The Morgan fingerprint density at radius 2 is 1.71 bits per heavy atom. The van der Waals surface area contributed by atoms with Crippen molar-refractivity contribution >= 4 is 16.1 Å². The summed E-state index contributed by atoms with van der Waals surface area (Å²) in [5.74, 6) is 0.508. The fourth-order valence-electron chi connectivity index (χ4n) is 4.97. The summed E-state index contributed by atoms with van der Waals surface area (Å²) in [7, 11) is -2.06. The Hall–Kier alpha value is -2.46. The van der Waals surface area contributed by atoms with Gasteiger partial charge in [0.2, 0.25) is 0 Å². The van der Waals surface area contributed by atoms with Crippen LogP contribution in [0.3, 0.4) is 0 Å². The van der Waals surface area contributed by atoms with Gasteiger partial charge < -0.3 is 15.2 Å². The van der Waals surface area contributed by atoms with E-state index < -0.39 is 16.3 Å². The van der Waals surface area contributed by atoms with Gasteiger partial charge in [-0.3, -0.25) is 4.79 Å². The maximum Gasteiger partial charge on any atom is 0.279 e. The van der Waals surface area contributed by atoms with Crippen LogP contribution in [0, 0.1) is 5.92 Å². The zero-order valence-corrected chi connectivity index (χ0v) is 20.2. The average molecular weight is 488 g/mol. The molecule has 2 aliphatic rings. The molecule has 1 saturated heterocycles. The number of aliphatic hydroxyl groups excluding tert-OH is 1. The predicted molar refractivity (Wildman–Crippen MR) is 130 cm³/mol. The van der Waals surface area contributed by atoms with Gasteiger partial charge in [0, 0.05) is 19.1 Å². The molecule has 8 nitrogen and oxygen atoms in total. The second-order valence-corrected chi connectivity index (χ2v) is 10.8. The first-order chi connectivity index (χ1) is 16.4. The van der Waals surface area contributed by atoms with Crippen LogP contribution in [0.4, 0.5) is 0 Å². The molecule has 2 unspecified atom stereocenters. The molecule has 0 spiro atoms. The molecule has 1 aliphatic carbocycles. The quantitative estimate of drug-likeness (QED) is 0.531. The lowest BCUT2D eigenvalue weighted by Gasteiger charge is -2.35. The fraction of sp³-hybridized carbons (Fsp3) is 0.480. The Morgan fingerprint density at radius 3 is 2.35 bits per heavy atom. The molecule has 4 rings (SSSR count). The topological polar surface area (TPSA) is 108 Å². The maximum atomic E-state index is 13.2. The number of amides is 1. The molecule has 0 aromatic heterocycles. The standard InChI is InChI=1S/C25H33N3O5S/c1-33-23-10-6-5-9-22(23)25(30)26-24(18-7-3-2-4-8-18)19-11-13-20(14-12-19)27-34(31,32)28-16-15-21(29)17-28/h2-10,19-21,24,27,29H,11-17H2,1H3,(H,26,30). The van der Waals surface area contributed by atoms with Crippen molar-refractivity contribution < 1.29 is 23.1 Å². The van der Waals surface area contributed by atoms with Crippen molar-refractivity contribution in [2.75, 3.05) is 20.2 Å². The SMILES string of the molecule is COc1ccccc1C(=O)NC(c1ccccc1)C1CCC(NS(=O)(=O)N2CCC(O)C2)CC1. The van der Waals surface area contributed by atoms with Gasteiger partial charge in [-0.25, -0.2) is 0 Å². The van der Waals surface area contributed by atoms with Crippen LogP contribution in [0.2, 0.25) is 0 Å². The van der Waals surface area contributed by atoms with Crippen molar-refractivity contribution in [3.05, 3.63) is 65.7 Å². The van der Waals surface area contributed by atoms with Gasteiger partial charge >= 0.3 is 0 Å². The minimum Gasteiger partial charge on any atom is -0.496 e. The maximum absolute atomic E-state index is 13.2. The molecule has 3 N–H and O–H groups in total. The number of benzene rings is 2. The van der Waals surface area contributed by atoms with Gasteiger partial charge in [-0.15, -0.1) is 0 Å². The number of carbonyl (C=O) groups excluding carboxylic acids is 1. The van der Waals surface area contributed by atoms with Crippen molar-refractivity contribution in [2.45, 2.75) is 50.3 Å². The summed E-state index contributed by atoms with van der Waals surface area (Å²) in [6, 6.07) is 16.7. The number of hydrogen-bond acceptors (Lipinski definition) is 5. The van der Waals surface area contributed by atoms with Crippen LogP contribution in [0.1, 0.15) is 54.1 Å². The minimum atomic E-state index is -3.61. The first-order valence-electron chi connectivity index (χ1n) is 11.8. The highest BCUT2D eigenvalue weighted by Gasteiger charge is 2.35. The Morgan fingerprint density at radius 1 is 1.03 bits per heavy atom. The summed E-state index contributed by atoms with van der Waals surface area (Å²) < 4.78 is 34.9. The van der Waals surface area contributed by atoms with E-state index in [1.165, 1.54) is 4.31 Å². The molecule has 1 heterocycles. The summed E-state index contributed by atoms with van der Waals surface area (Å²) in [6.45, 7) is 0.493. The van der Waals surface area contributed by atoms with Gasteiger partial charge in [0.15, 0.2) is 0 Å². The fourth-order valence-corrected chi connectivity index (χ4v) is 6.49. The zero-order valence-electron chi connectivity index (χ0n) is 19.4. The highest BCUT2D eigenvalue weighted by Crippen LogP contribution is 2.35. The second-order valence-electron chi connectivity index (χ2n) is 9.10. The number of nitrogens with zero attached hydrogens (tertiary/aromatic N) is 1. The van der Waals surface area contributed by atoms with Crippen LogP contribution in [-0.2, 0) is 10.2 Å². The van der Waals surface area contributed by atoms with Gasteiger partial charge in [-0.05, 0) is 55.7 Å². The Labute approximate surface area is 201 Å². The van der Waals surface area contributed by atoms with Crippen LogP contribution in [0.15, 0.2) is 54.6 Å². The first-order valence-corrected chi connectivity index (χ1v) is 13.3. The van der Waals surface area contributed by atoms with E-state index in [1.54, 1.807) is 19.2 Å². The summed E-state index contributed by atoms with van der Waals surface area (Å²) in [5, 5.41) is 12.9. The van der Waals surface area contributed by atoms with E-state index in [0.29, 0.717) is 37.1 Å². The molecule has 9 heteroatoms. The molecule has 0 bridgehead atoms. The Bertz CT molecular complexity index is 1070. The van der Waals surface area contributed by atoms with Crippen LogP contribution in [-0.4, -0.2) is 56.1 Å². The van der Waals surface area contributed by atoms with E-state index in [9.17, 15) is 18.3 Å². The van der Waals surface area contributed by atoms with Crippen molar-refractivity contribution in [1.82, 2.24) is 14.3 Å². The number of methoxy groups -OCH3 is 1. The van der Waals surface area contributed by atoms with Gasteiger partial charge in [-0.1, -0.05) is 42.5 Å². The van der Waals surface area contributed by atoms with Gasteiger partial charge in [0.1, 0.15) is 5.75 Å². The van der Waals surface area contributed by atoms with E-state index >= 15 is 0 Å². The second kappa shape index (κ2) is 10.9. The highest BCUT2D eigenvalue weighted by molar-refractivity contribution is 7.87. The lowest BCUT2D eigenvalue weighted by molar-refractivity contribution is 0.0907.